The first-order valence-electron chi connectivity index (χ1n) is 8.19. The van der Waals surface area contributed by atoms with E-state index in [2.05, 4.69) is 15.2 Å². The van der Waals surface area contributed by atoms with Gasteiger partial charge in [0.1, 0.15) is 5.15 Å². The third-order valence-corrected chi connectivity index (χ3v) is 4.18. The molecular weight excluding hydrogens is 388 g/mol. The van der Waals surface area contributed by atoms with Gasteiger partial charge in [-0.3, -0.25) is 10.1 Å². The number of nitro benzene ring substituents is 1. The number of aryl methyl sites for hydroxylation is 2. The van der Waals surface area contributed by atoms with Gasteiger partial charge in [-0.05, 0) is 44.5 Å². The first kappa shape index (κ1) is 19.4. The van der Waals surface area contributed by atoms with Gasteiger partial charge in [0.15, 0.2) is 6.10 Å². The Balaban J connectivity index is 1.76. The van der Waals surface area contributed by atoms with Crippen LogP contribution < -0.4 is 0 Å². The number of pyridine rings is 1. The quantitative estimate of drug-likeness (QED) is 0.269. The van der Waals surface area contributed by atoms with Gasteiger partial charge in [0.2, 0.25) is 5.89 Å². The summed E-state index contributed by atoms with van der Waals surface area (Å²) in [7, 11) is 0. The van der Waals surface area contributed by atoms with E-state index in [0.717, 1.165) is 0 Å². The number of halogens is 1. The zero-order chi connectivity index (χ0) is 20.4. The minimum absolute atomic E-state index is 0.0512. The molecule has 0 N–H and O–H groups in total. The highest BCUT2D eigenvalue weighted by Gasteiger charge is 2.23. The van der Waals surface area contributed by atoms with Crippen molar-refractivity contribution in [3.8, 4) is 11.5 Å². The summed E-state index contributed by atoms with van der Waals surface area (Å²) in [5, 5.41) is 18.6. The third kappa shape index (κ3) is 3.99. The minimum atomic E-state index is -0.830. The van der Waals surface area contributed by atoms with Gasteiger partial charge in [-0.1, -0.05) is 11.6 Å². The van der Waals surface area contributed by atoms with Crippen molar-refractivity contribution in [3.63, 3.8) is 0 Å². The monoisotopic (exact) mass is 402 g/mol. The number of esters is 1. The molecule has 28 heavy (non-hydrogen) atoms. The average molecular weight is 403 g/mol. The predicted octanol–water partition coefficient (Wildman–Crippen LogP) is 4.23. The van der Waals surface area contributed by atoms with E-state index < -0.39 is 17.0 Å². The van der Waals surface area contributed by atoms with Gasteiger partial charge in [0, 0.05) is 23.4 Å². The number of ether oxygens (including phenoxy) is 1. The molecule has 1 atom stereocenters. The largest absolute Gasteiger partial charge is 0.449 e. The van der Waals surface area contributed by atoms with E-state index in [1.165, 1.54) is 24.3 Å². The van der Waals surface area contributed by atoms with Gasteiger partial charge >= 0.3 is 5.97 Å². The molecule has 0 bridgehead atoms. The Kier molecular flexibility index (Phi) is 5.36. The van der Waals surface area contributed by atoms with E-state index in [-0.39, 0.29) is 28.2 Å². The number of rotatable bonds is 5. The van der Waals surface area contributed by atoms with E-state index in [9.17, 15) is 14.9 Å². The molecule has 144 valence electrons. The number of aromatic nitrogens is 3. The number of hydrogen-bond donors (Lipinski definition) is 0. The van der Waals surface area contributed by atoms with Crippen LogP contribution in [0.2, 0.25) is 5.15 Å². The van der Waals surface area contributed by atoms with Crippen molar-refractivity contribution in [1.82, 2.24) is 15.2 Å². The van der Waals surface area contributed by atoms with Crippen molar-refractivity contribution in [2.75, 3.05) is 0 Å². The molecule has 0 saturated carbocycles. The zero-order valence-electron chi connectivity index (χ0n) is 15.2. The average Bonchev–Trinajstić information content (AvgIpc) is 3.11. The summed E-state index contributed by atoms with van der Waals surface area (Å²) < 4.78 is 10.9. The number of nitrogens with zero attached hydrogens (tertiary/aromatic N) is 4. The van der Waals surface area contributed by atoms with Gasteiger partial charge in [-0.25, -0.2) is 9.78 Å². The Morgan fingerprint density at radius 1 is 1.25 bits per heavy atom. The highest BCUT2D eigenvalue weighted by Crippen LogP contribution is 2.26. The summed E-state index contributed by atoms with van der Waals surface area (Å²) in [4.78, 5) is 26.7. The molecule has 0 saturated heterocycles. The van der Waals surface area contributed by atoms with E-state index >= 15 is 0 Å². The van der Waals surface area contributed by atoms with Gasteiger partial charge in [0.25, 0.3) is 11.6 Å². The van der Waals surface area contributed by atoms with Crippen LogP contribution in [0.15, 0.2) is 34.7 Å². The Hall–Kier alpha value is -3.33. The standard InChI is InChI=1S/C18H15ClN4O5/c1-9-8-10(2)20-15(19)14(9)18(24)27-11(3)16-21-22-17(28-16)12-4-6-13(7-5-12)23(25)26/h4-8,11H,1-3H3/t11-/m0/s1. The number of carbonyl (C=O) groups is 1. The first-order chi connectivity index (χ1) is 13.3. The van der Waals surface area contributed by atoms with Crippen LogP contribution in [0.25, 0.3) is 11.5 Å². The summed E-state index contributed by atoms with van der Waals surface area (Å²) in [5.74, 6) is -0.424. The molecule has 10 heteroatoms. The SMILES string of the molecule is Cc1cc(C)c(C(=O)O[C@@H](C)c2nnc(-c3ccc([N+](=O)[O-])cc3)o2)c(Cl)n1. The van der Waals surface area contributed by atoms with E-state index in [0.29, 0.717) is 16.8 Å². The lowest BCUT2D eigenvalue weighted by atomic mass is 10.1. The second kappa shape index (κ2) is 7.73. The molecule has 0 unspecified atom stereocenters. The summed E-state index contributed by atoms with van der Waals surface area (Å²) in [5.41, 5.74) is 1.96. The van der Waals surface area contributed by atoms with Crippen LogP contribution in [0, 0.1) is 24.0 Å². The van der Waals surface area contributed by atoms with Gasteiger partial charge in [0.05, 0.1) is 10.5 Å². The topological polar surface area (TPSA) is 121 Å². The van der Waals surface area contributed by atoms with E-state index in [1.807, 2.05) is 0 Å². The van der Waals surface area contributed by atoms with Crippen molar-refractivity contribution in [3.05, 3.63) is 68.3 Å². The molecule has 0 aliphatic carbocycles. The smallest absolute Gasteiger partial charge is 0.342 e. The Labute approximate surface area is 164 Å². The fraction of sp³-hybridized carbons (Fsp3) is 0.222. The second-order valence-electron chi connectivity index (χ2n) is 6.04. The van der Waals surface area contributed by atoms with Crippen molar-refractivity contribution in [2.24, 2.45) is 0 Å². The highest BCUT2D eigenvalue weighted by molar-refractivity contribution is 6.32. The molecule has 0 radical (unpaired) electrons. The summed E-state index contributed by atoms with van der Waals surface area (Å²) in [6.07, 6.45) is -0.830. The van der Waals surface area contributed by atoms with E-state index in [1.54, 1.807) is 26.8 Å². The number of carbonyl (C=O) groups excluding carboxylic acids is 1. The first-order valence-corrected chi connectivity index (χ1v) is 8.57. The maximum absolute atomic E-state index is 12.5. The molecule has 1 aromatic carbocycles. The third-order valence-electron chi connectivity index (χ3n) is 3.90. The van der Waals surface area contributed by atoms with Gasteiger partial charge in [-0.2, -0.15) is 0 Å². The molecule has 3 rings (SSSR count). The summed E-state index contributed by atoms with van der Waals surface area (Å²) in [6.45, 7) is 5.09. The number of nitro groups is 1. The minimum Gasteiger partial charge on any atom is -0.449 e. The lowest BCUT2D eigenvalue weighted by Gasteiger charge is -2.12. The fourth-order valence-corrected chi connectivity index (χ4v) is 2.91. The lowest BCUT2D eigenvalue weighted by molar-refractivity contribution is -0.384. The molecule has 0 fully saturated rings. The molecule has 0 spiro atoms. The molecule has 3 aromatic rings. The van der Waals surface area contributed by atoms with E-state index in [4.69, 9.17) is 20.8 Å². The van der Waals surface area contributed by atoms with Gasteiger partial charge in [-0.15, -0.1) is 10.2 Å². The maximum atomic E-state index is 12.5. The lowest BCUT2D eigenvalue weighted by Crippen LogP contribution is -2.12. The van der Waals surface area contributed by atoms with Crippen LogP contribution in [0.1, 0.15) is 40.5 Å². The molecule has 2 heterocycles. The molecular formula is C18H15ClN4O5. The van der Waals surface area contributed by atoms with Crippen molar-refractivity contribution in [1.29, 1.82) is 0 Å². The molecule has 0 amide bonds. The van der Waals surface area contributed by atoms with Gasteiger partial charge < -0.3 is 9.15 Å². The normalized spacial score (nSPS) is 11.9. The van der Waals surface area contributed by atoms with Crippen LogP contribution in [0.5, 0.6) is 0 Å². The van der Waals surface area contributed by atoms with Crippen molar-refractivity contribution < 1.29 is 18.9 Å². The Morgan fingerprint density at radius 2 is 1.93 bits per heavy atom. The second-order valence-corrected chi connectivity index (χ2v) is 6.40. The summed E-state index contributed by atoms with van der Waals surface area (Å²) >= 11 is 6.07. The van der Waals surface area contributed by atoms with Crippen molar-refractivity contribution >= 4 is 23.3 Å². The number of hydrogen-bond acceptors (Lipinski definition) is 8. The predicted molar refractivity (Wildman–Crippen MR) is 98.9 cm³/mol. The van der Waals surface area contributed by atoms with Crippen LogP contribution >= 0.6 is 11.6 Å². The van der Waals surface area contributed by atoms with Crippen molar-refractivity contribution in [2.45, 2.75) is 26.9 Å². The highest BCUT2D eigenvalue weighted by atomic mass is 35.5. The maximum Gasteiger partial charge on any atom is 0.342 e. The van der Waals surface area contributed by atoms with Crippen LogP contribution in [-0.4, -0.2) is 26.1 Å². The molecule has 0 aliphatic heterocycles. The fourth-order valence-electron chi connectivity index (χ4n) is 2.55. The molecule has 9 nitrogen and oxygen atoms in total. The number of non-ortho nitro benzene ring substituents is 1. The number of benzene rings is 1. The summed E-state index contributed by atoms with van der Waals surface area (Å²) in [6, 6.07) is 7.38. The molecule has 0 aliphatic rings. The van der Waals surface area contributed by atoms with Crippen LogP contribution in [0.3, 0.4) is 0 Å². The van der Waals surface area contributed by atoms with Crippen LogP contribution in [-0.2, 0) is 4.74 Å². The zero-order valence-corrected chi connectivity index (χ0v) is 15.9. The van der Waals surface area contributed by atoms with Crippen LogP contribution in [0.4, 0.5) is 5.69 Å². The molecule has 2 aromatic heterocycles. The Bertz CT molecular complexity index is 1030. The Morgan fingerprint density at radius 3 is 2.54 bits per heavy atom.